The zero-order valence-corrected chi connectivity index (χ0v) is 14.8. The zero-order chi connectivity index (χ0) is 20.0. The van der Waals surface area contributed by atoms with Crippen molar-refractivity contribution in [3.05, 3.63) is 35.4 Å². The normalized spacial score (nSPS) is 15.9. The molecule has 2 N–H and O–H groups in total. The van der Waals surface area contributed by atoms with E-state index < -0.39 is 42.2 Å². The fourth-order valence-corrected chi connectivity index (χ4v) is 2.82. The zero-order valence-electron chi connectivity index (χ0n) is 14.8. The third kappa shape index (κ3) is 6.58. The molecule has 0 aliphatic heterocycles. The van der Waals surface area contributed by atoms with E-state index in [-0.39, 0.29) is 11.6 Å². The number of esters is 1. The minimum absolute atomic E-state index is 0.0246. The van der Waals surface area contributed by atoms with Gasteiger partial charge in [-0.1, -0.05) is 31.0 Å². The van der Waals surface area contributed by atoms with Crippen LogP contribution < -0.4 is 10.6 Å². The number of halogens is 3. The lowest BCUT2D eigenvalue weighted by atomic mass is 10.1. The molecule has 1 aliphatic rings. The van der Waals surface area contributed by atoms with Gasteiger partial charge in [0, 0.05) is 6.04 Å². The van der Waals surface area contributed by atoms with Gasteiger partial charge in [-0.15, -0.1) is 0 Å². The first-order valence-corrected chi connectivity index (χ1v) is 8.62. The number of imide groups is 1. The third-order valence-electron chi connectivity index (χ3n) is 4.21. The number of carbonyl (C=O) groups excluding carboxylic acids is 3. The van der Waals surface area contributed by atoms with E-state index >= 15 is 0 Å². The van der Waals surface area contributed by atoms with Crippen LogP contribution in [-0.2, 0) is 26.9 Å². The number of alkyl halides is 3. The minimum Gasteiger partial charge on any atom is -0.452 e. The fraction of sp³-hybridized carbons (Fsp3) is 0.500. The molecule has 0 spiro atoms. The predicted octanol–water partition coefficient (Wildman–Crippen LogP) is 2.95. The number of amides is 3. The first-order valence-electron chi connectivity index (χ1n) is 8.62. The molecule has 2 rings (SSSR count). The van der Waals surface area contributed by atoms with Crippen LogP contribution in [0.5, 0.6) is 0 Å². The summed E-state index contributed by atoms with van der Waals surface area (Å²) in [5, 5.41) is 4.75. The second-order valence-corrected chi connectivity index (χ2v) is 6.45. The Kier molecular flexibility index (Phi) is 6.81. The second kappa shape index (κ2) is 8.88. The summed E-state index contributed by atoms with van der Waals surface area (Å²) in [4.78, 5) is 35.5. The number of hydrogen-bond acceptors (Lipinski definition) is 4. The van der Waals surface area contributed by atoms with E-state index in [0.29, 0.717) is 0 Å². The number of nitrogens with one attached hydrogen (secondary N) is 2. The highest BCUT2D eigenvalue weighted by atomic mass is 19.4. The van der Waals surface area contributed by atoms with Crippen molar-refractivity contribution in [2.24, 2.45) is 0 Å². The molecule has 148 valence electrons. The van der Waals surface area contributed by atoms with Gasteiger partial charge in [-0.05, 0) is 31.4 Å². The maximum atomic E-state index is 12.7. The van der Waals surface area contributed by atoms with E-state index in [1.165, 1.54) is 19.1 Å². The molecule has 1 aromatic carbocycles. The number of urea groups is 1. The molecule has 1 aromatic rings. The van der Waals surface area contributed by atoms with Crippen molar-refractivity contribution in [3.8, 4) is 0 Å². The lowest BCUT2D eigenvalue weighted by Crippen LogP contribution is -2.47. The van der Waals surface area contributed by atoms with Crippen molar-refractivity contribution >= 4 is 17.9 Å². The monoisotopic (exact) mass is 386 g/mol. The SMILES string of the molecule is CC(OC(=O)Cc1cccc(C(F)(F)F)c1)C(=O)NC(=O)NC1CCCC1. The van der Waals surface area contributed by atoms with E-state index in [2.05, 4.69) is 10.6 Å². The third-order valence-corrected chi connectivity index (χ3v) is 4.21. The molecule has 1 atom stereocenters. The van der Waals surface area contributed by atoms with Crippen LogP contribution >= 0.6 is 0 Å². The summed E-state index contributed by atoms with van der Waals surface area (Å²) in [5.74, 6) is -1.67. The topological polar surface area (TPSA) is 84.5 Å². The van der Waals surface area contributed by atoms with E-state index in [4.69, 9.17) is 4.74 Å². The Morgan fingerprint density at radius 2 is 1.89 bits per heavy atom. The Labute approximate surface area is 154 Å². The summed E-state index contributed by atoms with van der Waals surface area (Å²) in [5.41, 5.74) is -0.761. The Morgan fingerprint density at radius 3 is 2.52 bits per heavy atom. The van der Waals surface area contributed by atoms with Crippen LogP contribution in [0.3, 0.4) is 0 Å². The van der Waals surface area contributed by atoms with Crippen LogP contribution in [0.2, 0.25) is 0 Å². The number of hydrogen-bond donors (Lipinski definition) is 2. The number of benzene rings is 1. The summed E-state index contributed by atoms with van der Waals surface area (Å²) in [7, 11) is 0. The molecule has 0 heterocycles. The van der Waals surface area contributed by atoms with Crippen LogP contribution in [0, 0.1) is 0 Å². The van der Waals surface area contributed by atoms with Gasteiger partial charge in [-0.2, -0.15) is 13.2 Å². The first kappa shape index (κ1) is 20.7. The maximum absolute atomic E-state index is 12.7. The van der Waals surface area contributed by atoms with Crippen molar-refractivity contribution in [1.82, 2.24) is 10.6 Å². The van der Waals surface area contributed by atoms with Gasteiger partial charge in [0.15, 0.2) is 6.10 Å². The van der Waals surface area contributed by atoms with Crippen LogP contribution in [0.4, 0.5) is 18.0 Å². The summed E-state index contributed by atoms with van der Waals surface area (Å²) in [6, 6.07) is 3.66. The van der Waals surface area contributed by atoms with Crippen molar-refractivity contribution in [2.75, 3.05) is 0 Å². The van der Waals surface area contributed by atoms with E-state index in [1.807, 2.05) is 0 Å². The van der Waals surface area contributed by atoms with Crippen LogP contribution in [-0.4, -0.2) is 30.1 Å². The Balaban J connectivity index is 1.82. The molecule has 1 aliphatic carbocycles. The summed E-state index contributed by atoms with van der Waals surface area (Å²) in [6.45, 7) is 1.28. The largest absolute Gasteiger partial charge is 0.452 e. The van der Waals surface area contributed by atoms with Crippen molar-refractivity contribution < 1.29 is 32.3 Å². The molecule has 9 heteroatoms. The quantitative estimate of drug-likeness (QED) is 0.762. The van der Waals surface area contributed by atoms with Gasteiger partial charge < -0.3 is 10.1 Å². The Hall–Kier alpha value is -2.58. The van der Waals surface area contributed by atoms with Crippen molar-refractivity contribution in [1.29, 1.82) is 0 Å². The maximum Gasteiger partial charge on any atom is 0.416 e. The standard InChI is InChI=1S/C18H21F3N2O4/c1-11(16(25)23-17(26)22-14-7-2-3-8-14)27-15(24)10-12-5-4-6-13(9-12)18(19,20)21/h4-6,9,11,14H,2-3,7-8,10H2,1H3,(H2,22,23,25,26). The molecule has 6 nitrogen and oxygen atoms in total. The van der Waals surface area contributed by atoms with E-state index in [0.717, 1.165) is 37.8 Å². The average Bonchev–Trinajstić information content (AvgIpc) is 3.06. The van der Waals surface area contributed by atoms with E-state index in [9.17, 15) is 27.6 Å². The first-order chi connectivity index (χ1) is 12.6. The number of rotatable bonds is 5. The predicted molar refractivity (Wildman–Crippen MR) is 89.6 cm³/mol. The molecule has 1 unspecified atom stereocenters. The van der Waals surface area contributed by atoms with Gasteiger partial charge in [0.05, 0.1) is 12.0 Å². The molecular formula is C18H21F3N2O4. The van der Waals surface area contributed by atoms with Crippen molar-refractivity contribution in [2.45, 2.75) is 57.3 Å². The Morgan fingerprint density at radius 1 is 1.22 bits per heavy atom. The van der Waals surface area contributed by atoms with Crippen LogP contribution in [0.25, 0.3) is 0 Å². The highest BCUT2D eigenvalue weighted by molar-refractivity contribution is 5.97. The van der Waals surface area contributed by atoms with Crippen LogP contribution in [0.1, 0.15) is 43.7 Å². The smallest absolute Gasteiger partial charge is 0.416 e. The van der Waals surface area contributed by atoms with Gasteiger partial charge in [0.1, 0.15) is 0 Å². The molecule has 0 bridgehead atoms. The Bertz CT molecular complexity index is 700. The summed E-state index contributed by atoms with van der Waals surface area (Å²) >= 11 is 0. The highest BCUT2D eigenvalue weighted by Crippen LogP contribution is 2.29. The molecule has 1 saturated carbocycles. The fourth-order valence-electron chi connectivity index (χ4n) is 2.82. The molecule has 0 saturated heterocycles. The molecule has 1 fully saturated rings. The molecule has 0 radical (unpaired) electrons. The summed E-state index contributed by atoms with van der Waals surface area (Å²) in [6.07, 6.45) is -2.45. The van der Waals surface area contributed by atoms with Gasteiger partial charge in [0.25, 0.3) is 5.91 Å². The number of carbonyl (C=O) groups is 3. The molecule has 27 heavy (non-hydrogen) atoms. The molecule has 0 aromatic heterocycles. The molecule has 3 amide bonds. The molecular weight excluding hydrogens is 365 g/mol. The lowest BCUT2D eigenvalue weighted by molar-refractivity contribution is -0.153. The average molecular weight is 386 g/mol. The highest BCUT2D eigenvalue weighted by Gasteiger charge is 2.30. The minimum atomic E-state index is -4.51. The van der Waals surface area contributed by atoms with E-state index in [1.54, 1.807) is 0 Å². The van der Waals surface area contributed by atoms with Gasteiger partial charge in [-0.25, -0.2) is 4.79 Å². The number of ether oxygens (including phenoxy) is 1. The summed E-state index contributed by atoms with van der Waals surface area (Å²) < 4.78 is 42.9. The lowest BCUT2D eigenvalue weighted by Gasteiger charge is -2.15. The van der Waals surface area contributed by atoms with Gasteiger partial charge in [0.2, 0.25) is 0 Å². The van der Waals surface area contributed by atoms with Crippen molar-refractivity contribution in [3.63, 3.8) is 0 Å². The van der Waals surface area contributed by atoms with Gasteiger partial charge >= 0.3 is 18.2 Å². The second-order valence-electron chi connectivity index (χ2n) is 6.45. The van der Waals surface area contributed by atoms with Gasteiger partial charge in [-0.3, -0.25) is 14.9 Å². The van der Waals surface area contributed by atoms with Crippen LogP contribution in [0.15, 0.2) is 24.3 Å².